The van der Waals surface area contributed by atoms with Crippen LogP contribution in [0, 0.1) is 0 Å². The second-order valence-electron chi connectivity index (χ2n) is 38.1. The molecule has 0 saturated carbocycles. The van der Waals surface area contributed by atoms with Crippen LogP contribution in [0.4, 0.5) is 0 Å². The summed E-state index contributed by atoms with van der Waals surface area (Å²) in [7, 11) is 0. The molecule has 0 unspecified atom stereocenters. The standard InChI is InChI=1S/C84H140N6O60/c1-19-43(106)56(119)60(123)79(130-19)150-71-58(121)47(110)29(11-94)135-83(71)146-67-33(15-98)138-78(42(55(67)118)90-25(7)105)148-70-59(122)48(111)35(17-128-74-40(88-23(5)103)53(116)65(31(13-96)136-74)144-80-61(124)57(120)46(109)28(10-93)134-80)141-82(70)129-18-36-49(112)69(63(126)81(140-36)145-66-32(14-97)137-77(41(54(66)117)89-24(6)104)142-64-30(12-95)131-73(127)37(52(64)115)85-20(2)100)147-84-72(149-76-39(87-22(4)102)51(114)45(108)27(9-92)133-76)62(125)68(34(16-99)139-84)143-75-38(86-21(3)101)50(113)44(107)26(8-91)132-75/h19,26-84,91-99,106-127H,8-18H2,1-7H3,(H,85,100)(H,86,101)(H,87,102)(H,88,103)(H,89,104)(H,90,105)/t19-,26+,27+,28+,29+,30+,31+,32+,33+,34+,35+,36+,37+,38+,39+,40+,41+,42+,43+,44+,45+,46-,47-,48+,49+,50+,51+,52+,53+,54+,55+,56+,57-,58-,59-,60-,61+,62-,63-,64+,65+,66+,67+,68+,69-,70-,71+,72-,73+,74+,75-,76-,77-,78-,79-,80-,81-,82-,83-,84+/m0/s1. The molecule has 0 radical (unpaired) electrons. The Labute approximate surface area is 849 Å². The molecule has 0 aliphatic carbocycles. The smallest absolute Gasteiger partial charge is 0.217 e. The van der Waals surface area contributed by atoms with Gasteiger partial charge in [0.1, 0.15) is 287 Å². The topological polar surface area (TPSA) is 1010 Å². The van der Waals surface area contributed by atoms with Gasteiger partial charge in [0.2, 0.25) is 35.4 Å². The van der Waals surface area contributed by atoms with Gasteiger partial charge in [0, 0.05) is 41.5 Å². The minimum absolute atomic E-state index is 0.845. The molecule has 37 N–H and O–H groups in total. The third-order valence-corrected chi connectivity index (χ3v) is 27.4. The molecule has 150 heavy (non-hydrogen) atoms. The van der Waals surface area contributed by atoms with Gasteiger partial charge in [-0.3, -0.25) is 28.8 Å². The zero-order valence-electron chi connectivity index (χ0n) is 81.1. The maximum atomic E-state index is 13.6. The Balaban J connectivity index is 0.943. The van der Waals surface area contributed by atoms with E-state index in [2.05, 4.69) is 31.9 Å². The number of amides is 6. The molecule has 12 aliphatic rings. The highest BCUT2D eigenvalue weighted by Crippen LogP contribution is 2.43. The molecule has 0 bridgehead atoms. The van der Waals surface area contributed by atoms with Gasteiger partial charge < -0.3 is 299 Å². The number of carbonyl (C=O) groups excluding carboxylic acids is 6. The van der Waals surface area contributed by atoms with Crippen LogP contribution >= 0.6 is 0 Å². The highest BCUT2D eigenvalue weighted by Gasteiger charge is 2.64. The van der Waals surface area contributed by atoms with E-state index >= 15 is 0 Å². The van der Waals surface area contributed by atoms with E-state index in [0.29, 0.717) is 0 Å². The molecule has 12 heterocycles. The predicted octanol–water partition coefficient (Wildman–Crippen LogP) is -25.3. The molecule has 12 saturated heterocycles. The molecule has 12 fully saturated rings. The van der Waals surface area contributed by atoms with Crippen LogP contribution in [0.5, 0.6) is 0 Å². The van der Waals surface area contributed by atoms with Crippen molar-refractivity contribution in [3.8, 4) is 0 Å². The van der Waals surface area contributed by atoms with E-state index in [1.165, 1.54) is 6.92 Å². The number of hydrogen-bond acceptors (Lipinski definition) is 60. The molecule has 0 spiro atoms. The zero-order valence-corrected chi connectivity index (χ0v) is 81.1. The summed E-state index contributed by atoms with van der Waals surface area (Å²) >= 11 is 0. The molecule has 12 rings (SSSR count). The van der Waals surface area contributed by atoms with E-state index in [-0.39, 0.29) is 0 Å². The summed E-state index contributed by atoms with van der Waals surface area (Å²) in [6, 6.07) is -11.7. The van der Waals surface area contributed by atoms with E-state index < -0.39 is 476 Å². The normalized spacial score (nSPS) is 48.8. The lowest BCUT2D eigenvalue weighted by molar-refractivity contribution is -0.404. The van der Waals surface area contributed by atoms with Crippen molar-refractivity contribution in [2.24, 2.45) is 0 Å². The van der Waals surface area contributed by atoms with Crippen LogP contribution in [0.15, 0.2) is 0 Å². The minimum Gasteiger partial charge on any atom is -0.394 e. The minimum atomic E-state index is -2.78. The average Bonchev–Trinajstić information content (AvgIpc) is 0.759. The molecule has 12 aliphatic heterocycles. The van der Waals surface area contributed by atoms with Crippen LogP contribution in [0.25, 0.3) is 0 Å². The second kappa shape index (κ2) is 54.0. The van der Waals surface area contributed by atoms with Crippen molar-refractivity contribution in [2.75, 3.05) is 72.7 Å². The first-order valence-electron chi connectivity index (χ1n) is 48.0. The fourth-order valence-electron chi connectivity index (χ4n) is 19.5. The molecule has 66 heteroatoms. The van der Waals surface area contributed by atoms with Crippen LogP contribution in [0.2, 0.25) is 0 Å². The molecule has 6 amide bonds. The van der Waals surface area contributed by atoms with Gasteiger partial charge in [-0.2, -0.15) is 0 Å². The van der Waals surface area contributed by atoms with Gasteiger partial charge in [0.05, 0.1) is 78.8 Å². The fraction of sp³-hybridized carbons (Fsp3) is 0.929. The third-order valence-electron chi connectivity index (χ3n) is 27.4. The highest BCUT2D eigenvalue weighted by atomic mass is 16.8. The number of hydrogen-bond donors (Lipinski definition) is 37. The maximum absolute atomic E-state index is 13.6. The van der Waals surface area contributed by atoms with Crippen molar-refractivity contribution in [3.05, 3.63) is 0 Å². The largest absolute Gasteiger partial charge is 0.394 e. The van der Waals surface area contributed by atoms with Gasteiger partial charge in [0.25, 0.3) is 0 Å². The van der Waals surface area contributed by atoms with Crippen molar-refractivity contribution in [2.45, 2.75) is 417 Å². The first-order valence-corrected chi connectivity index (χ1v) is 48.0. The van der Waals surface area contributed by atoms with Crippen LogP contribution in [0.1, 0.15) is 48.5 Å². The summed E-state index contributed by atoms with van der Waals surface area (Å²) in [6.45, 7) is -6.46. The van der Waals surface area contributed by atoms with E-state index in [1.54, 1.807) is 0 Å². The summed E-state index contributed by atoms with van der Waals surface area (Å²) in [6.07, 6.45) is -118. The number of rotatable bonds is 39. The van der Waals surface area contributed by atoms with Gasteiger partial charge in [0.15, 0.2) is 75.5 Å². The van der Waals surface area contributed by atoms with Gasteiger partial charge >= 0.3 is 0 Å². The number of aliphatic hydroxyl groups is 31. The van der Waals surface area contributed by atoms with Crippen molar-refractivity contribution < 1.29 is 296 Å². The SMILES string of the molecule is CC(=O)N[C@@H]1[C@@H](O)[C@H](O[C@@H]2O[C@H](CO)[C@@H](O[C@@H]3O[C@H](CO[C@H]4O[C@H](CO[C@@H]5O[C@H](CO)[C@@H](O[C@@H]6O[C@H](CO)[C@H](O)[C@H](O)[C@H]6O)[C@H](O)[C@H]5NC(C)=O)[C@@H](O)[C@H](O)[C@@H]4O[C@@H]4O[C@H](CO)[C@@H](O[C@@H]5O[C@H](CO)[C@H](O)[C@H](O)[C@H]5O[C@@H]5O[C@@H](C)[C@@H](O)[C@@H](O)[C@@H]5O)[C@H](O)[C@H]4NC(C)=O)[C@@H](O)[C@H](O[C@H]4O[C@H](CO)[C@@H](O[C@@H]5O[C@H](CO)[C@@H](O)[C@H](O)[C@H]5NC(C)=O)[C@H](O)[C@@H]4O[C@@H]4O[C@H](CO)[C@@H](O)[C@H](O)[C@H]4NC(C)=O)[C@@H]3O)[C@H](O)[C@H]2NC(C)=O)[C@@H](CO)O[C@H]1O. The monoisotopic (exact) mass is 2190 g/mol. The highest BCUT2D eigenvalue weighted by molar-refractivity contribution is 5.75. The van der Waals surface area contributed by atoms with Crippen molar-refractivity contribution in [1.82, 2.24) is 31.9 Å². The van der Waals surface area contributed by atoms with Gasteiger partial charge in [-0.1, -0.05) is 0 Å². The second-order valence-corrected chi connectivity index (χ2v) is 38.1. The fourth-order valence-corrected chi connectivity index (χ4v) is 19.5. The summed E-state index contributed by atoms with van der Waals surface area (Å²) in [5.41, 5.74) is 0. The lowest BCUT2D eigenvalue weighted by Crippen LogP contribution is -2.71. The molecule has 60 atom stereocenters. The number of carbonyl (C=O) groups is 6. The van der Waals surface area contributed by atoms with E-state index in [0.717, 1.165) is 41.5 Å². The van der Waals surface area contributed by atoms with Crippen LogP contribution in [-0.4, -0.2) is 635 Å². The Morgan fingerprint density at radius 1 is 0.187 bits per heavy atom. The van der Waals surface area contributed by atoms with Gasteiger partial charge in [-0.05, 0) is 6.92 Å². The predicted molar refractivity (Wildman–Crippen MR) is 463 cm³/mol. The summed E-state index contributed by atoms with van der Waals surface area (Å²) in [5, 5.41) is 368. The maximum Gasteiger partial charge on any atom is 0.217 e. The Bertz CT molecular complexity index is 4250. The Morgan fingerprint density at radius 2 is 0.413 bits per heavy atom. The van der Waals surface area contributed by atoms with Crippen LogP contribution in [-0.2, 0) is 138 Å². The molecular weight excluding hydrogens is 2050 g/mol. The van der Waals surface area contributed by atoms with Gasteiger partial charge in [-0.15, -0.1) is 0 Å². The Kier molecular flexibility index (Phi) is 44.4. The van der Waals surface area contributed by atoms with Crippen LogP contribution < -0.4 is 31.9 Å². The summed E-state index contributed by atoms with van der Waals surface area (Å²) in [4.78, 5) is 78.2. The van der Waals surface area contributed by atoms with E-state index in [4.69, 9.17) is 109 Å². The van der Waals surface area contributed by atoms with Gasteiger partial charge in [-0.25, -0.2) is 0 Å². The lowest BCUT2D eigenvalue weighted by atomic mass is 9.93. The van der Waals surface area contributed by atoms with Crippen molar-refractivity contribution >= 4 is 35.4 Å². The molecule has 0 aromatic carbocycles. The summed E-state index contributed by atoms with van der Waals surface area (Å²) < 4.78 is 140. The first kappa shape index (κ1) is 123. The first-order chi connectivity index (χ1) is 70.9. The molecule has 0 aromatic heterocycles. The summed E-state index contributed by atoms with van der Waals surface area (Å²) in [5.74, 6) is -5.84. The molecule has 866 valence electrons. The van der Waals surface area contributed by atoms with Crippen molar-refractivity contribution in [3.63, 3.8) is 0 Å². The molecule has 66 nitrogen and oxygen atoms in total. The Hall–Kier alpha value is -5.34. The van der Waals surface area contributed by atoms with Crippen LogP contribution in [0.3, 0.4) is 0 Å². The lowest BCUT2D eigenvalue weighted by Gasteiger charge is -2.52. The van der Waals surface area contributed by atoms with E-state index in [9.17, 15) is 187 Å². The molecule has 0 aromatic rings. The number of aliphatic hydroxyl groups excluding tert-OH is 31. The quantitative estimate of drug-likeness (QED) is 0.0272. The average molecular weight is 2190 g/mol. The zero-order chi connectivity index (χ0) is 110. The van der Waals surface area contributed by atoms with E-state index in [1.807, 2.05) is 0 Å². The number of nitrogens with one attached hydrogen (secondary N) is 6. The van der Waals surface area contributed by atoms with Crippen molar-refractivity contribution in [1.29, 1.82) is 0 Å². The Morgan fingerprint density at radius 3 is 0.813 bits per heavy atom. The molecular formula is C84H140N6O60. The third kappa shape index (κ3) is 27.5. The number of ether oxygens (including phenoxy) is 23.